The van der Waals surface area contributed by atoms with Gasteiger partial charge in [0, 0.05) is 0 Å². The maximum Gasteiger partial charge on any atom is 0.261 e. The number of amides is 1. The first-order chi connectivity index (χ1) is 7.74. The highest BCUT2D eigenvalue weighted by molar-refractivity contribution is 5.82. The highest BCUT2D eigenvalue weighted by Gasteiger charge is 2.28. The van der Waals surface area contributed by atoms with E-state index in [4.69, 9.17) is 10.5 Å². The van der Waals surface area contributed by atoms with Crippen LogP contribution in [0.2, 0.25) is 0 Å². The van der Waals surface area contributed by atoms with Crippen LogP contribution < -0.4 is 10.5 Å². The lowest BCUT2D eigenvalue weighted by Crippen LogP contribution is -2.43. The number of carbonyl (C=O) groups is 1. The zero-order valence-electron chi connectivity index (χ0n) is 11.2. The summed E-state index contributed by atoms with van der Waals surface area (Å²) in [7, 11) is 0. The van der Waals surface area contributed by atoms with Crippen molar-refractivity contribution in [2.45, 2.75) is 46.1 Å². The summed E-state index contributed by atoms with van der Waals surface area (Å²) in [4.78, 5) is 11.3. The molecule has 0 spiro atoms. The van der Waals surface area contributed by atoms with Crippen molar-refractivity contribution in [3.8, 4) is 5.75 Å². The predicted molar refractivity (Wildman–Crippen MR) is 69.2 cm³/mol. The topological polar surface area (TPSA) is 52.3 Å². The van der Waals surface area contributed by atoms with Gasteiger partial charge in [0.15, 0.2) is 5.60 Å². The van der Waals surface area contributed by atoms with Crippen molar-refractivity contribution in [1.29, 1.82) is 0 Å². The van der Waals surface area contributed by atoms with Crippen molar-refractivity contribution in [2.24, 2.45) is 5.73 Å². The summed E-state index contributed by atoms with van der Waals surface area (Å²) in [6, 6.07) is 6.02. The van der Waals surface area contributed by atoms with Crippen LogP contribution in [0.1, 0.15) is 44.7 Å². The van der Waals surface area contributed by atoms with Crippen LogP contribution >= 0.6 is 0 Å². The van der Waals surface area contributed by atoms with Crippen LogP contribution in [0.15, 0.2) is 18.2 Å². The van der Waals surface area contributed by atoms with Gasteiger partial charge < -0.3 is 10.5 Å². The van der Waals surface area contributed by atoms with Gasteiger partial charge in [-0.3, -0.25) is 4.79 Å². The minimum Gasteiger partial charge on any atom is -0.478 e. The van der Waals surface area contributed by atoms with Gasteiger partial charge in [0.2, 0.25) is 0 Å². The molecule has 0 atom stereocenters. The van der Waals surface area contributed by atoms with Gasteiger partial charge in [0.1, 0.15) is 5.75 Å². The monoisotopic (exact) mass is 235 g/mol. The zero-order valence-corrected chi connectivity index (χ0v) is 11.2. The molecular formula is C14H21NO2. The minimum atomic E-state index is -0.989. The number of ether oxygens (including phenoxy) is 1. The Kier molecular flexibility index (Phi) is 3.81. The lowest BCUT2D eigenvalue weighted by molar-refractivity contribution is -0.130. The first-order valence-corrected chi connectivity index (χ1v) is 5.83. The van der Waals surface area contributed by atoms with Crippen LogP contribution in [0.4, 0.5) is 0 Å². The molecule has 94 valence electrons. The average molecular weight is 235 g/mol. The Morgan fingerprint density at radius 3 is 2.41 bits per heavy atom. The second-order valence-electron chi connectivity index (χ2n) is 5.17. The highest BCUT2D eigenvalue weighted by atomic mass is 16.5. The van der Waals surface area contributed by atoms with Crippen molar-refractivity contribution >= 4 is 5.91 Å². The molecule has 0 aliphatic rings. The van der Waals surface area contributed by atoms with E-state index in [9.17, 15) is 4.79 Å². The summed E-state index contributed by atoms with van der Waals surface area (Å²) >= 11 is 0. The lowest BCUT2D eigenvalue weighted by Gasteiger charge is -2.25. The average Bonchev–Trinajstić information content (AvgIpc) is 2.15. The standard InChI is InChI=1S/C14H21NO2/c1-9(2)11-7-6-10(3)8-12(11)17-14(4,5)13(15)16/h6-9H,1-5H3,(H2,15,16). The molecule has 1 rings (SSSR count). The molecule has 1 aromatic carbocycles. The van der Waals surface area contributed by atoms with Gasteiger partial charge >= 0.3 is 0 Å². The lowest BCUT2D eigenvalue weighted by atomic mass is 10.00. The van der Waals surface area contributed by atoms with E-state index in [1.165, 1.54) is 0 Å². The Bertz CT molecular complexity index is 422. The van der Waals surface area contributed by atoms with Crippen molar-refractivity contribution in [1.82, 2.24) is 0 Å². The minimum absolute atomic E-state index is 0.342. The van der Waals surface area contributed by atoms with Crippen LogP contribution in [-0.2, 0) is 4.79 Å². The fourth-order valence-corrected chi connectivity index (χ4v) is 1.53. The number of primary amides is 1. The van der Waals surface area contributed by atoms with Crippen molar-refractivity contribution in [3.63, 3.8) is 0 Å². The number of nitrogens with two attached hydrogens (primary N) is 1. The van der Waals surface area contributed by atoms with E-state index in [0.717, 1.165) is 16.9 Å². The molecule has 2 N–H and O–H groups in total. The molecule has 0 aliphatic heterocycles. The molecule has 1 aromatic rings. The smallest absolute Gasteiger partial charge is 0.261 e. The van der Waals surface area contributed by atoms with Crippen LogP contribution in [-0.4, -0.2) is 11.5 Å². The SMILES string of the molecule is Cc1ccc(C(C)C)c(OC(C)(C)C(N)=O)c1. The summed E-state index contributed by atoms with van der Waals surface area (Å²) in [5, 5.41) is 0. The number of hydrogen-bond donors (Lipinski definition) is 1. The third-order valence-electron chi connectivity index (χ3n) is 2.75. The first kappa shape index (κ1) is 13.6. The van der Waals surface area contributed by atoms with Crippen molar-refractivity contribution in [2.75, 3.05) is 0 Å². The van der Waals surface area contributed by atoms with Gasteiger partial charge in [0.25, 0.3) is 5.91 Å². The van der Waals surface area contributed by atoms with Gasteiger partial charge in [-0.25, -0.2) is 0 Å². The largest absolute Gasteiger partial charge is 0.478 e. The molecule has 0 heterocycles. The predicted octanol–water partition coefficient (Wildman–Crippen LogP) is 2.76. The van der Waals surface area contributed by atoms with E-state index in [-0.39, 0.29) is 0 Å². The molecule has 0 unspecified atom stereocenters. The third kappa shape index (κ3) is 3.22. The summed E-state index contributed by atoms with van der Waals surface area (Å²) in [5.41, 5.74) is 6.52. The van der Waals surface area contributed by atoms with E-state index >= 15 is 0 Å². The highest BCUT2D eigenvalue weighted by Crippen LogP contribution is 2.30. The molecule has 3 nitrogen and oxygen atoms in total. The van der Waals surface area contributed by atoms with Crippen LogP contribution in [0.25, 0.3) is 0 Å². The van der Waals surface area contributed by atoms with Gasteiger partial charge in [-0.05, 0) is 43.9 Å². The summed E-state index contributed by atoms with van der Waals surface area (Å²) in [6.07, 6.45) is 0. The van der Waals surface area contributed by atoms with E-state index in [1.807, 2.05) is 25.1 Å². The molecule has 0 aromatic heterocycles. The number of benzene rings is 1. The first-order valence-electron chi connectivity index (χ1n) is 5.83. The van der Waals surface area contributed by atoms with Crippen LogP contribution in [0, 0.1) is 6.92 Å². The molecule has 17 heavy (non-hydrogen) atoms. The Morgan fingerprint density at radius 2 is 1.94 bits per heavy atom. The summed E-state index contributed by atoms with van der Waals surface area (Å²) in [5.74, 6) is 0.617. The molecule has 0 aliphatic carbocycles. The second kappa shape index (κ2) is 4.78. The van der Waals surface area contributed by atoms with Crippen molar-refractivity contribution < 1.29 is 9.53 Å². The van der Waals surface area contributed by atoms with Crippen LogP contribution in [0.5, 0.6) is 5.75 Å². The maximum absolute atomic E-state index is 11.3. The number of hydrogen-bond acceptors (Lipinski definition) is 2. The fourth-order valence-electron chi connectivity index (χ4n) is 1.53. The molecule has 0 bridgehead atoms. The Morgan fingerprint density at radius 1 is 1.35 bits per heavy atom. The summed E-state index contributed by atoms with van der Waals surface area (Å²) < 4.78 is 5.76. The number of carbonyl (C=O) groups excluding carboxylic acids is 1. The normalized spacial score (nSPS) is 11.6. The third-order valence-corrected chi connectivity index (χ3v) is 2.75. The zero-order chi connectivity index (χ0) is 13.2. The molecule has 1 amide bonds. The Hall–Kier alpha value is -1.51. The van der Waals surface area contributed by atoms with E-state index < -0.39 is 11.5 Å². The number of aryl methyl sites for hydroxylation is 1. The second-order valence-corrected chi connectivity index (χ2v) is 5.17. The van der Waals surface area contributed by atoms with E-state index in [1.54, 1.807) is 13.8 Å². The van der Waals surface area contributed by atoms with Gasteiger partial charge in [-0.1, -0.05) is 26.0 Å². The molecule has 0 fully saturated rings. The van der Waals surface area contributed by atoms with Crippen LogP contribution in [0.3, 0.4) is 0 Å². The van der Waals surface area contributed by atoms with Gasteiger partial charge in [0.05, 0.1) is 0 Å². The molecule has 0 saturated carbocycles. The van der Waals surface area contributed by atoms with Crippen molar-refractivity contribution in [3.05, 3.63) is 29.3 Å². The summed E-state index contributed by atoms with van der Waals surface area (Å²) in [6.45, 7) is 9.54. The Labute approximate surface area is 103 Å². The fraction of sp³-hybridized carbons (Fsp3) is 0.500. The van der Waals surface area contributed by atoms with E-state index in [0.29, 0.717) is 5.92 Å². The van der Waals surface area contributed by atoms with Gasteiger partial charge in [-0.15, -0.1) is 0 Å². The molecule has 0 radical (unpaired) electrons. The van der Waals surface area contributed by atoms with E-state index in [2.05, 4.69) is 13.8 Å². The van der Waals surface area contributed by atoms with Gasteiger partial charge in [-0.2, -0.15) is 0 Å². The Balaban J connectivity index is 3.12. The molecule has 0 saturated heterocycles. The molecule has 3 heteroatoms. The quantitative estimate of drug-likeness (QED) is 0.872. The maximum atomic E-state index is 11.3. The number of rotatable bonds is 4. The molecular weight excluding hydrogens is 214 g/mol.